The van der Waals surface area contributed by atoms with Crippen LogP contribution in [0.2, 0.25) is 0 Å². The topological polar surface area (TPSA) is 104 Å². The Kier molecular flexibility index (Phi) is 3.00. The van der Waals surface area contributed by atoms with Gasteiger partial charge in [-0.05, 0) is 6.92 Å². The van der Waals surface area contributed by atoms with E-state index >= 15 is 0 Å². The number of nitrogens with one attached hydrogen (secondary N) is 3. The molecule has 0 aliphatic carbocycles. The number of ether oxygens (including phenoxy) is 1. The van der Waals surface area contributed by atoms with Crippen molar-refractivity contribution in [3.8, 4) is 5.88 Å². The largest absolute Gasteiger partial charge is 0.470 e. The van der Waals surface area contributed by atoms with Crippen LogP contribution in [-0.2, 0) is 0 Å². The smallest absolute Gasteiger partial charge is 0.235 e. The average Bonchev–Trinajstić information content (AvgIpc) is 2.97. The van der Waals surface area contributed by atoms with Crippen LogP contribution >= 0.6 is 9.24 Å². The van der Waals surface area contributed by atoms with Crippen LogP contribution in [0.25, 0.3) is 11.2 Å². The van der Waals surface area contributed by atoms with Crippen LogP contribution in [0.3, 0.4) is 0 Å². The van der Waals surface area contributed by atoms with Gasteiger partial charge in [0.05, 0.1) is 12.4 Å². The summed E-state index contributed by atoms with van der Waals surface area (Å²) in [5.41, 5.74) is 1.34. The molecule has 0 radical (unpaired) electrons. The molecule has 0 fully saturated rings. The van der Waals surface area contributed by atoms with Crippen LogP contribution in [-0.4, -0.2) is 36.2 Å². The zero-order valence-electron chi connectivity index (χ0n) is 10.1. The zero-order chi connectivity index (χ0) is 13.2. The van der Waals surface area contributed by atoms with Gasteiger partial charge in [-0.1, -0.05) is 9.24 Å². The lowest BCUT2D eigenvalue weighted by Crippen LogP contribution is -2.01. The molecule has 3 rings (SSSR count). The maximum absolute atomic E-state index is 5.42. The number of rotatable bonds is 4. The Morgan fingerprint density at radius 2 is 2.26 bits per heavy atom. The third-order valence-electron chi connectivity index (χ3n) is 2.28. The van der Waals surface area contributed by atoms with E-state index in [1.807, 2.05) is 6.92 Å². The molecule has 3 aromatic rings. The van der Waals surface area contributed by atoms with Gasteiger partial charge in [0.25, 0.3) is 0 Å². The van der Waals surface area contributed by atoms with E-state index in [1.165, 1.54) is 0 Å². The number of H-pyrrole nitrogens is 2. The van der Waals surface area contributed by atoms with E-state index < -0.39 is 0 Å². The Hall–Kier alpha value is -2.21. The molecule has 8 nitrogen and oxygen atoms in total. The van der Waals surface area contributed by atoms with Crippen molar-refractivity contribution >= 4 is 32.0 Å². The van der Waals surface area contributed by atoms with E-state index in [0.717, 1.165) is 5.52 Å². The second-order valence-electron chi connectivity index (χ2n) is 3.93. The summed E-state index contributed by atoms with van der Waals surface area (Å²) in [6, 6.07) is 1.75. The fraction of sp³-hybridized carbons (Fsp3) is 0.200. The van der Waals surface area contributed by atoms with Gasteiger partial charge in [0.2, 0.25) is 5.88 Å². The standard InChI is InChI=1S/C10H12N7OP/c1-5(19)18-9-2-7(15-16-9)13-8-4-11-6-3-12-17-10(6)14-8/h2-5H,19H2,1H3,(H3,12,13,14,15,16,17). The molecule has 0 spiro atoms. The molecule has 3 heterocycles. The van der Waals surface area contributed by atoms with Crippen LogP contribution in [0.5, 0.6) is 5.88 Å². The number of hydrogen-bond donors (Lipinski definition) is 3. The molecule has 0 saturated carbocycles. The predicted molar refractivity (Wildman–Crippen MR) is 73.4 cm³/mol. The average molecular weight is 277 g/mol. The molecular weight excluding hydrogens is 265 g/mol. The monoisotopic (exact) mass is 277 g/mol. The summed E-state index contributed by atoms with van der Waals surface area (Å²) in [5, 5.41) is 16.5. The van der Waals surface area contributed by atoms with Crippen LogP contribution in [0.1, 0.15) is 6.92 Å². The minimum atomic E-state index is -0.00251. The number of nitrogens with zero attached hydrogens (tertiary/aromatic N) is 4. The Labute approximate surface area is 110 Å². The number of anilines is 2. The summed E-state index contributed by atoms with van der Waals surface area (Å²) >= 11 is 0. The van der Waals surface area contributed by atoms with Crippen molar-refractivity contribution in [3.63, 3.8) is 0 Å². The highest BCUT2D eigenvalue weighted by Gasteiger charge is 2.06. The van der Waals surface area contributed by atoms with E-state index in [0.29, 0.717) is 23.2 Å². The van der Waals surface area contributed by atoms with Gasteiger partial charge in [-0.15, -0.1) is 5.10 Å². The minimum absolute atomic E-state index is 0.00251. The molecule has 9 heteroatoms. The van der Waals surface area contributed by atoms with Gasteiger partial charge in [0, 0.05) is 6.07 Å². The van der Waals surface area contributed by atoms with Crippen LogP contribution in [0, 0.1) is 0 Å². The molecular formula is C10H12N7OP. The van der Waals surface area contributed by atoms with Gasteiger partial charge < -0.3 is 10.1 Å². The lowest BCUT2D eigenvalue weighted by Gasteiger charge is -2.04. The molecule has 0 aromatic carbocycles. The predicted octanol–water partition coefficient (Wildman–Crippen LogP) is 1.42. The van der Waals surface area contributed by atoms with Crippen molar-refractivity contribution in [2.75, 3.05) is 5.32 Å². The molecule has 3 N–H and O–H groups in total. The normalized spacial score (nSPS) is 12.5. The van der Waals surface area contributed by atoms with Crippen LogP contribution in [0.15, 0.2) is 18.5 Å². The van der Waals surface area contributed by atoms with Gasteiger partial charge in [-0.25, -0.2) is 9.97 Å². The number of aromatic amines is 2. The Balaban J connectivity index is 1.78. The van der Waals surface area contributed by atoms with E-state index in [-0.39, 0.29) is 5.85 Å². The lowest BCUT2D eigenvalue weighted by atomic mass is 10.5. The van der Waals surface area contributed by atoms with Crippen molar-refractivity contribution in [3.05, 3.63) is 18.5 Å². The molecule has 2 atom stereocenters. The number of aromatic nitrogens is 6. The molecule has 19 heavy (non-hydrogen) atoms. The molecule has 3 aromatic heterocycles. The highest BCUT2D eigenvalue weighted by Crippen LogP contribution is 2.19. The summed E-state index contributed by atoms with van der Waals surface area (Å²) < 4.78 is 5.42. The third kappa shape index (κ3) is 2.63. The summed E-state index contributed by atoms with van der Waals surface area (Å²) in [6.45, 7) is 1.91. The maximum atomic E-state index is 5.42. The number of hydrogen-bond acceptors (Lipinski definition) is 6. The van der Waals surface area contributed by atoms with Crippen molar-refractivity contribution < 1.29 is 4.74 Å². The third-order valence-corrected chi connectivity index (χ3v) is 2.42. The second-order valence-corrected chi connectivity index (χ2v) is 4.87. The first kappa shape index (κ1) is 11.9. The maximum Gasteiger partial charge on any atom is 0.235 e. The van der Waals surface area contributed by atoms with Crippen molar-refractivity contribution in [1.82, 2.24) is 30.4 Å². The highest BCUT2D eigenvalue weighted by atomic mass is 31.0. The first-order valence-corrected chi connectivity index (χ1v) is 6.28. The minimum Gasteiger partial charge on any atom is -0.470 e. The molecule has 98 valence electrons. The van der Waals surface area contributed by atoms with Gasteiger partial charge in [0.15, 0.2) is 11.5 Å². The Morgan fingerprint density at radius 3 is 3.11 bits per heavy atom. The SMILES string of the molecule is CC(P)Oc1cc(Nc2cnc3cn[nH]c3n2)[nH]n1. The summed E-state index contributed by atoms with van der Waals surface area (Å²) in [5.74, 6) is 1.78. The van der Waals surface area contributed by atoms with E-state index in [2.05, 4.69) is 44.9 Å². The molecule has 2 unspecified atom stereocenters. The van der Waals surface area contributed by atoms with Gasteiger partial charge in [-0.2, -0.15) is 5.10 Å². The van der Waals surface area contributed by atoms with Crippen molar-refractivity contribution in [1.29, 1.82) is 0 Å². The fourth-order valence-corrected chi connectivity index (χ4v) is 1.69. The van der Waals surface area contributed by atoms with E-state index in [4.69, 9.17) is 4.74 Å². The number of fused-ring (bicyclic) bond motifs is 1. The molecule has 0 aliphatic heterocycles. The van der Waals surface area contributed by atoms with Gasteiger partial charge in [0.1, 0.15) is 17.2 Å². The fourth-order valence-electron chi connectivity index (χ4n) is 1.55. The first-order chi connectivity index (χ1) is 9.20. The van der Waals surface area contributed by atoms with Gasteiger partial charge in [-0.3, -0.25) is 10.2 Å². The molecule has 0 bridgehead atoms. The summed E-state index contributed by atoms with van der Waals surface area (Å²) in [6.07, 6.45) is 3.24. The van der Waals surface area contributed by atoms with Gasteiger partial charge >= 0.3 is 0 Å². The van der Waals surface area contributed by atoms with Crippen molar-refractivity contribution in [2.24, 2.45) is 0 Å². The molecule has 0 saturated heterocycles. The quantitative estimate of drug-likeness (QED) is 0.623. The zero-order valence-corrected chi connectivity index (χ0v) is 11.2. The summed E-state index contributed by atoms with van der Waals surface area (Å²) in [4.78, 5) is 8.52. The second kappa shape index (κ2) is 4.81. The molecule has 0 aliphatic rings. The van der Waals surface area contributed by atoms with Crippen molar-refractivity contribution in [2.45, 2.75) is 12.8 Å². The van der Waals surface area contributed by atoms with Crippen LogP contribution < -0.4 is 10.1 Å². The lowest BCUT2D eigenvalue weighted by molar-refractivity contribution is 0.294. The highest BCUT2D eigenvalue weighted by molar-refractivity contribution is 7.17. The van der Waals surface area contributed by atoms with Crippen LogP contribution in [0.4, 0.5) is 11.6 Å². The van der Waals surface area contributed by atoms with E-state index in [9.17, 15) is 0 Å². The summed E-state index contributed by atoms with van der Waals surface area (Å²) in [7, 11) is 2.54. The van der Waals surface area contributed by atoms with E-state index in [1.54, 1.807) is 18.5 Å². The Bertz CT molecular complexity index is 692. The molecule has 0 amide bonds. The Morgan fingerprint density at radius 1 is 1.37 bits per heavy atom. The first-order valence-electron chi connectivity index (χ1n) is 5.61.